The zero-order valence-electron chi connectivity index (χ0n) is 9.61. The second-order valence-corrected chi connectivity index (χ2v) is 3.49. The van der Waals surface area contributed by atoms with Crippen LogP contribution in [0.15, 0.2) is 12.1 Å². The van der Waals surface area contributed by atoms with E-state index in [0.717, 1.165) is 19.2 Å². The summed E-state index contributed by atoms with van der Waals surface area (Å²) in [5.74, 6) is -3.61. The Balaban J connectivity index is 3.04. The van der Waals surface area contributed by atoms with Gasteiger partial charge in [0.2, 0.25) is 0 Å². The summed E-state index contributed by atoms with van der Waals surface area (Å²) in [4.78, 5) is 11.1. The first kappa shape index (κ1) is 14.3. The summed E-state index contributed by atoms with van der Waals surface area (Å²) in [7, 11) is 1.05. The van der Waals surface area contributed by atoms with Gasteiger partial charge in [-0.1, -0.05) is 0 Å². The van der Waals surface area contributed by atoms with Crippen LogP contribution in [-0.4, -0.2) is 42.5 Å². The number of esters is 1. The second-order valence-electron chi connectivity index (χ2n) is 3.49. The van der Waals surface area contributed by atoms with Gasteiger partial charge in [-0.25, -0.2) is 13.6 Å². The Bertz CT molecular complexity index is 435. The van der Waals surface area contributed by atoms with Crippen LogP contribution in [0.5, 0.6) is 0 Å². The van der Waals surface area contributed by atoms with Crippen LogP contribution in [0.3, 0.4) is 0 Å². The molecule has 0 unspecified atom stereocenters. The van der Waals surface area contributed by atoms with Crippen molar-refractivity contribution in [2.45, 2.75) is 6.04 Å². The van der Waals surface area contributed by atoms with Crippen LogP contribution in [-0.2, 0) is 4.74 Å². The van der Waals surface area contributed by atoms with E-state index in [1.54, 1.807) is 0 Å². The number of halogens is 2. The highest BCUT2D eigenvalue weighted by atomic mass is 19.2. The fourth-order valence-electron chi connectivity index (χ4n) is 1.30. The van der Waals surface area contributed by atoms with Crippen molar-refractivity contribution in [1.82, 2.24) is 0 Å². The number of hydrogen-bond donors (Lipinski definition) is 3. The van der Waals surface area contributed by atoms with Crippen LogP contribution < -0.4 is 5.32 Å². The third-order valence-corrected chi connectivity index (χ3v) is 2.29. The van der Waals surface area contributed by atoms with E-state index in [1.165, 1.54) is 0 Å². The van der Waals surface area contributed by atoms with Gasteiger partial charge >= 0.3 is 5.97 Å². The molecule has 0 spiro atoms. The van der Waals surface area contributed by atoms with Crippen LogP contribution in [0.2, 0.25) is 0 Å². The van der Waals surface area contributed by atoms with Gasteiger partial charge in [-0.2, -0.15) is 0 Å². The summed E-state index contributed by atoms with van der Waals surface area (Å²) >= 11 is 0. The molecule has 1 rings (SSSR count). The lowest BCUT2D eigenvalue weighted by atomic mass is 10.1. The number of ether oxygens (including phenoxy) is 1. The highest BCUT2D eigenvalue weighted by Crippen LogP contribution is 2.21. The number of nitrogens with one attached hydrogen (secondary N) is 1. The first-order chi connectivity index (χ1) is 8.54. The van der Waals surface area contributed by atoms with Gasteiger partial charge in [0.05, 0.1) is 37.6 Å². The lowest BCUT2D eigenvalue weighted by Crippen LogP contribution is -2.28. The number of carbonyl (C=O) groups is 1. The molecule has 0 atom stereocenters. The smallest absolute Gasteiger partial charge is 0.340 e. The highest BCUT2D eigenvalue weighted by molar-refractivity contribution is 5.90. The summed E-state index contributed by atoms with van der Waals surface area (Å²) in [5.41, 5.74) is -0.779. The molecule has 0 fully saturated rings. The van der Waals surface area contributed by atoms with Gasteiger partial charge in [-0.15, -0.1) is 0 Å². The average molecular weight is 261 g/mol. The molecule has 7 heteroatoms. The molecule has 0 aliphatic heterocycles. The Hall–Kier alpha value is -1.73. The second kappa shape index (κ2) is 6.27. The molecule has 1 aromatic carbocycles. The van der Waals surface area contributed by atoms with Crippen molar-refractivity contribution in [1.29, 1.82) is 0 Å². The van der Waals surface area contributed by atoms with Gasteiger partial charge in [0, 0.05) is 0 Å². The molecule has 0 saturated carbocycles. The quantitative estimate of drug-likeness (QED) is 0.673. The Labute approximate surface area is 102 Å². The molecule has 3 N–H and O–H groups in total. The number of carbonyl (C=O) groups excluding carboxylic acids is 1. The van der Waals surface area contributed by atoms with Crippen LogP contribution in [0.25, 0.3) is 0 Å². The van der Waals surface area contributed by atoms with Crippen molar-refractivity contribution in [2.24, 2.45) is 0 Å². The van der Waals surface area contributed by atoms with E-state index in [1.807, 2.05) is 0 Å². The number of rotatable bonds is 5. The molecule has 0 bridgehead atoms. The maximum Gasteiger partial charge on any atom is 0.340 e. The van der Waals surface area contributed by atoms with E-state index in [4.69, 9.17) is 10.2 Å². The molecule has 0 radical (unpaired) electrons. The summed E-state index contributed by atoms with van der Waals surface area (Å²) < 4.78 is 31.4. The van der Waals surface area contributed by atoms with Crippen LogP contribution in [0.4, 0.5) is 14.5 Å². The van der Waals surface area contributed by atoms with Gasteiger partial charge in [0.1, 0.15) is 0 Å². The van der Waals surface area contributed by atoms with Gasteiger partial charge in [-0.3, -0.25) is 0 Å². The standard InChI is InChI=1S/C11H13F2NO4/c1-18-11(17)7-2-3-8(10(13)9(7)12)14-6(4-15)5-16/h2-3,6,14-16H,4-5H2,1H3. The van der Waals surface area contributed by atoms with Crippen LogP contribution in [0, 0.1) is 11.6 Å². The average Bonchev–Trinajstić information content (AvgIpc) is 2.39. The summed E-state index contributed by atoms with van der Waals surface area (Å²) in [5, 5.41) is 20.0. The third kappa shape index (κ3) is 2.93. The van der Waals surface area contributed by atoms with Gasteiger partial charge in [-0.05, 0) is 12.1 Å². The van der Waals surface area contributed by atoms with E-state index in [-0.39, 0.29) is 5.69 Å². The largest absolute Gasteiger partial charge is 0.465 e. The number of methoxy groups -OCH3 is 1. The molecule has 5 nitrogen and oxygen atoms in total. The molecule has 100 valence electrons. The molecule has 0 aliphatic carbocycles. The van der Waals surface area contributed by atoms with Crippen LogP contribution in [0.1, 0.15) is 10.4 Å². The first-order valence-corrected chi connectivity index (χ1v) is 5.09. The summed E-state index contributed by atoms with van der Waals surface area (Å²) in [6.45, 7) is -0.896. The Morgan fingerprint density at radius 1 is 1.33 bits per heavy atom. The van der Waals surface area contributed by atoms with E-state index in [2.05, 4.69) is 10.1 Å². The Kier molecular flexibility index (Phi) is 4.99. The van der Waals surface area contributed by atoms with Crippen molar-refractivity contribution in [3.63, 3.8) is 0 Å². The Morgan fingerprint density at radius 3 is 2.44 bits per heavy atom. The van der Waals surface area contributed by atoms with Crippen LogP contribution >= 0.6 is 0 Å². The van der Waals surface area contributed by atoms with Gasteiger partial charge in [0.25, 0.3) is 0 Å². The Morgan fingerprint density at radius 2 is 1.94 bits per heavy atom. The molecule has 1 aromatic rings. The minimum Gasteiger partial charge on any atom is -0.465 e. The van der Waals surface area contributed by atoms with Crippen molar-refractivity contribution in [2.75, 3.05) is 25.6 Å². The fourth-order valence-corrected chi connectivity index (χ4v) is 1.30. The SMILES string of the molecule is COC(=O)c1ccc(NC(CO)CO)c(F)c1F. The molecule has 0 aliphatic rings. The zero-order valence-corrected chi connectivity index (χ0v) is 9.61. The minimum atomic E-state index is -1.35. The highest BCUT2D eigenvalue weighted by Gasteiger charge is 2.20. The molecule has 0 saturated heterocycles. The first-order valence-electron chi connectivity index (χ1n) is 5.09. The summed E-state index contributed by atoms with van der Waals surface area (Å²) in [6.07, 6.45) is 0. The van der Waals surface area contributed by atoms with E-state index in [0.29, 0.717) is 0 Å². The van der Waals surface area contributed by atoms with Gasteiger partial charge < -0.3 is 20.3 Å². The number of aliphatic hydroxyl groups excluding tert-OH is 2. The maximum atomic E-state index is 13.6. The maximum absolute atomic E-state index is 13.6. The fraction of sp³-hybridized carbons (Fsp3) is 0.364. The van der Waals surface area contributed by atoms with Crippen molar-refractivity contribution < 1.29 is 28.5 Å². The predicted molar refractivity (Wildman–Crippen MR) is 59.3 cm³/mol. The molecule has 18 heavy (non-hydrogen) atoms. The lowest BCUT2D eigenvalue weighted by molar-refractivity contribution is 0.0594. The molecular formula is C11H13F2NO4. The van der Waals surface area contributed by atoms with E-state index < -0.39 is 42.4 Å². The zero-order chi connectivity index (χ0) is 13.7. The number of aliphatic hydroxyl groups is 2. The summed E-state index contributed by atoms with van der Waals surface area (Å²) in [6, 6.07) is 1.37. The minimum absolute atomic E-state index is 0.256. The van der Waals surface area contributed by atoms with Crippen molar-refractivity contribution in [3.05, 3.63) is 29.3 Å². The number of anilines is 1. The third-order valence-electron chi connectivity index (χ3n) is 2.29. The molecule has 0 heterocycles. The van der Waals surface area contributed by atoms with E-state index in [9.17, 15) is 13.6 Å². The normalized spacial score (nSPS) is 10.6. The predicted octanol–water partition coefficient (Wildman–Crippen LogP) is 0.516. The lowest BCUT2D eigenvalue weighted by Gasteiger charge is -2.16. The number of benzene rings is 1. The molecular weight excluding hydrogens is 248 g/mol. The number of hydrogen-bond acceptors (Lipinski definition) is 5. The molecule has 0 aromatic heterocycles. The monoisotopic (exact) mass is 261 g/mol. The topological polar surface area (TPSA) is 78.8 Å². The van der Waals surface area contributed by atoms with Gasteiger partial charge in [0.15, 0.2) is 11.6 Å². The van der Waals surface area contributed by atoms with Crippen molar-refractivity contribution >= 4 is 11.7 Å². The molecule has 0 amide bonds. The van der Waals surface area contributed by atoms with E-state index >= 15 is 0 Å². The van der Waals surface area contributed by atoms with Crippen molar-refractivity contribution in [3.8, 4) is 0 Å².